The lowest BCUT2D eigenvalue weighted by atomic mass is 10.2. The monoisotopic (exact) mass is 428 g/mol. The minimum absolute atomic E-state index is 0.0897. The van der Waals surface area contributed by atoms with Crippen LogP contribution >= 0.6 is 11.3 Å². The maximum atomic E-state index is 11.9. The Kier molecular flexibility index (Phi) is 6.73. The Bertz CT molecular complexity index is 980. The van der Waals surface area contributed by atoms with Gasteiger partial charge in [0.15, 0.2) is 11.7 Å². The topological polar surface area (TPSA) is 188 Å². The number of rotatable bonds is 8. The van der Waals surface area contributed by atoms with Gasteiger partial charge < -0.3 is 26.2 Å². The quantitative estimate of drug-likeness (QED) is 0.190. The molecule has 0 aliphatic heterocycles. The van der Waals surface area contributed by atoms with Gasteiger partial charge in [-0.2, -0.15) is 0 Å². The van der Waals surface area contributed by atoms with E-state index in [4.69, 9.17) is 15.9 Å². The van der Waals surface area contributed by atoms with Crippen LogP contribution < -0.4 is 25.4 Å². The minimum atomic E-state index is -3.24. The van der Waals surface area contributed by atoms with Crippen LogP contribution in [-0.4, -0.2) is 50.0 Å². The van der Waals surface area contributed by atoms with Crippen molar-refractivity contribution < 1.29 is 27.9 Å². The van der Waals surface area contributed by atoms with Crippen molar-refractivity contribution in [1.29, 1.82) is 5.41 Å². The zero-order chi connectivity index (χ0) is 20.8. The molecule has 0 unspecified atom stereocenters. The smallest absolute Gasteiger partial charge is 0.357 e. The van der Waals surface area contributed by atoms with Crippen molar-refractivity contribution in [2.75, 3.05) is 23.3 Å². The Balaban J connectivity index is 2.37. The van der Waals surface area contributed by atoms with Gasteiger partial charge in [0, 0.05) is 6.07 Å². The van der Waals surface area contributed by atoms with Crippen molar-refractivity contribution in [3.05, 3.63) is 29.4 Å². The maximum Gasteiger partial charge on any atom is 0.357 e. The molecule has 1 amide bonds. The fourth-order valence-electron chi connectivity index (χ4n) is 2.11. The number of nitrogens with one attached hydrogen (secondary N) is 3. The summed E-state index contributed by atoms with van der Waals surface area (Å²) in [6.07, 6.45) is 0. The van der Waals surface area contributed by atoms with Gasteiger partial charge in [-0.25, -0.2) is 22.5 Å². The van der Waals surface area contributed by atoms with Crippen LogP contribution in [0.4, 0.5) is 16.4 Å². The predicted octanol–water partition coefficient (Wildman–Crippen LogP) is -0.0640. The molecule has 14 heteroatoms. The number of carboxylic acids is 1. The summed E-state index contributed by atoms with van der Waals surface area (Å²) in [6, 6.07) is 4.09. The number of ether oxygens (including phenoxy) is 1. The highest BCUT2D eigenvalue weighted by molar-refractivity contribution is 7.74. The molecule has 2 aromatic rings. The first-order valence-electron chi connectivity index (χ1n) is 7.41. The number of hydrogen-bond donors (Lipinski definition) is 6. The molecule has 0 fully saturated rings. The molecule has 0 spiro atoms. The van der Waals surface area contributed by atoms with Gasteiger partial charge in [0.05, 0.1) is 30.5 Å². The molecule has 0 radical (unpaired) electrons. The molecule has 0 aliphatic carbocycles. The highest BCUT2D eigenvalue weighted by atomic mass is 32.2. The summed E-state index contributed by atoms with van der Waals surface area (Å²) in [6.45, 7) is -0.248. The summed E-state index contributed by atoms with van der Waals surface area (Å²) >= 11 is 0.846. The van der Waals surface area contributed by atoms with E-state index in [2.05, 4.69) is 15.6 Å². The summed E-state index contributed by atoms with van der Waals surface area (Å²) in [5, 5.41) is 21.0. The van der Waals surface area contributed by atoms with Gasteiger partial charge in [0.25, 0.3) is 0 Å². The van der Waals surface area contributed by atoms with Crippen molar-refractivity contribution in [2.24, 2.45) is 5.73 Å². The molecule has 0 saturated heterocycles. The van der Waals surface area contributed by atoms with Crippen molar-refractivity contribution in [3.63, 3.8) is 0 Å². The van der Waals surface area contributed by atoms with Crippen LogP contribution in [-0.2, 0) is 15.7 Å². The number of amides is 1. The van der Waals surface area contributed by atoms with Crippen LogP contribution in [0.15, 0.2) is 23.7 Å². The Hall–Kier alpha value is -3.39. The van der Waals surface area contributed by atoms with E-state index in [0.717, 1.165) is 15.6 Å². The van der Waals surface area contributed by atoms with Crippen molar-refractivity contribution in [1.82, 2.24) is 10.3 Å². The molecule has 0 bridgehead atoms. The second kappa shape index (κ2) is 9.01. The molecule has 0 aliphatic rings. The molecule has 0 atom stereocenters. The molecule has 2 rings (SSSR count). The number of thiazole rings is 1. The second-order valence-electron chi connectivity index (χ2n) is 5.06. The molecule has 6 N–H and O–H groups in total. The molecule has 1 aromatic heterocycles. The summed E-state index contributed by atoms with van der Waals surface area (Å²) in [5.41, 5.74) is 6.26. The summed E-state index contributed by atoms with van der Waals surface area (Å²) in [7, 11) is -1.92. The molecule has 0 saturated carbocycles. The van der Waals surface area contributed by atoms with Crippen molar-refractivity contribution in [2.45, 2.75) is 0 Å². The third kappa shape index (κ3) is 4.86. The average molecular weight is 428 g/mol. The average Bonchev–Trinajstić information content (AvgIpc) is 3.10. The van der Waals surface area contributed by atoms with E-state index < -0.39 is 28.5 Å². The highest BCUT2D eigenvalue weighted by Crippen LogP contribution is 2.36. The Labute approximate surface area is 164 Å². The van der Waals surface area contributed by atoms with E-state index in [1.165, 1.54) is 30.8 Å². The number of hydrogen-bond acceptors (Lipinski definition) is 8. The number of aromatic nitrogens is 1. The number of anilines is 3. The number of nitrogens with two attached hydrogens (primary N) is 1. The third-order valence-corrected chi connectivity index (χ3v) is 4.95. The summed E-state index contributed by atoms with van der Waals surface area (Å²) < 4.78 is 29.5. The van der Waals surface area contributed by atoms with E-state index in [0.29, 0.717) is 0 Å². The van der Waals surface area contributed by atoms with Crippen LogP contribution in [0.2, 0.25) is 0 Å². The van der Waals surface area contributed by atoms with Gasteiger partial charge >= 0.3 is 5.97 Å². The summed E-state index contributed by atoms with van der Waals surface area (Å²) in [5.74, 6) is -2.11. The van der Waals surface area contributed by atoms with E-state index in [1.54, 1.807) is 0 Å². The third-order valence-electron chi connectivity index (χ3n) is 3.25. The first-order valence-corrected chi connectivity index (χ1v) is 9.42. The Morgan fingerprint density at radius 1 is 1.43 bits per heavy atom. The number of nitrogens with zero attached hydrogens (tertiary/aromatic N) is 2. The number of thiol groups is 1. The number of benzene rings is 1. The zero-order valence-electron chi connectivity index (χ0n) is 14.3. The van der Waals surface area contributed by atoms with Crippen LogP contribution in [0.1, 0.15) is 10.5 Å². The van der Waals surface area contributed by atoms with Crippen LogP contribution in [0.25, 0.3) is 0 Å². The number of methoxy groups -OCH3 is 1. The fraction of sp³-hybridized carbons (Fsp3) is 0.143. The molecule has 1 aromatic carbocycles. The molecule has 1 heterocycles. The van der Waals surface area contributed by atoms with E-state index in [-0.39, 0.29) is 34.6 Å². The molecule has 12 nitrogen and oxygen atoms in total. The predicted molar refractivity (Wildman–Crippen MR) is 103 cm³/mol. The van der Waals surface area contributed by atoms with Gasteiger partial charge in [-0.3, -0.25) is 10.2 Å². The lowest BCUT2D eigenvalue weighted by Gasteiger charge is -2.18. The zero-order valence-corrected chi connectivity index (χ0v) is 16.0. The van der Waals surface area contributed by atoms with E-state index in [1.807, 2.05) is 0 Å². The number of carboxylic acid groups (broad SMARTS) is 1. The molecule has 150 valence electrons. The van der Waals surface area contributed by atoms with Crippen LogP contribution in [0.5, 0.6) is 5.75 Å². The van der Waals surface area contributed by atoms with Gasteiger partial charge in [-0.1, -0.05) is 0 Å². The van der Waals surface area contributed by atoms with Crippen LogP contribution in [0, 0.1) is 5.41 Å². The highest BCUT2D eigenvalue weighted by Gasteiger charge is 2.24. The van der Waals surface area contributed by atoms with Gasteiger partial charge in [0.2, 0.25) is 16.8 Å². The largest absolute Gasteiger partial charge is 0.494 e. The first-order chi connectivity index (χ1) is 13.2. The van der Waals surface area contributed by atoms with Crippen LogP contribution in [0.3, 0.4) is 0 Å². The second-order valence-corrected chi connectivity index (χ2v) is 6.77. The Morgan fingerprint density at radius 2 is 2.14 bits per heavy atom. The van der Waals surface area contributed by atoms with Gasteiger partial charge in [-0.15, -0.1) is 11.3 Å². The molecular weight excluding hydrogens is 412 g/mol. The minimum Gasteiger partial charge on any atom is -0.494 e. The van der Waals surface area contributed by atoms with Crippen molar-refractivity contribution >= 4 is 56.4 Å². The fourth-order valence-corrected chi connectivity index (χ4v) is 3.72. The lowest BCUT2D eigenvalue weighted by Crippen LogP contribution is -2.36. The number of guanidine groups is 1. The summed E-state index contributed by atoms with van der Waals surface area (Å²) in [4.78, 5) is 26.8. The van der Waals surface area contributed by atoms with E-state index in [9.17, 15) is 23.1 Å². The van der Waals surface area contributed by atoms with Crippen molar-refractivity contribution in [3.8, 4) is 5.75 Å². The maximum absolute atomic E-state index is 11.9. The lowest BCUT2D eigenvalue weighted by molar-refractivity contribution is -0.115. The van der Waals surface area contributed by atoms with E-state index >= 15 is 0 Å². The Morgan fingerprint density at radius 3 is 2.71 bits per heavy atom. The van der Waals surface area contributed by atoms with Gasteiger partial charge in [-0.05, 0) is 12.1 Å². The number of carbonyl (C=O) groups is 2. The molecular formula is C14H16N6O6S2. The SMILES string of the molecule is COc1cc(N(c2scnc2C(=O)O)[SH](=O)=O)ccc1NC(=O)CNC(=N)N. The van der Waals surface area contributed by atoms with Gasteiger partial charge in [0.1, 0.15) is 10.8 Å². The number of carbonyl (C=O) groups excluding carboxylic acids is 1. The standard InChI is InChI=1S/C14H16N6O6S2/c1-26-9-4-7(2-3-8(9)19-10(21)5-17-14(15)16)20(28(24)25)12-11(13(22)23)18-6-27-12/h2-4,6,28H,5H2,1H3,(H,19,21)(H,22,23)(H4,15,16,17). The number of aromatic carboxylic acids is 1. The first kappa shape index (κ1) is 20.9. The normalized spacial score (nSPS) is 10.4. The molecule has 28 heavy (non-hydrogen) atoms.